The molecule has 0 saturated carbocycles. The highest BCUT2D eigenvalue weighted by Crippen LogP contribution is 2.17. The second-order valence-electron chi connectivity index (χ2n) is 8.80. The molecular weight excluding hydrogens is 517 g/mol. The van der Waals surface area contributed by atoms with Crippen LogP contribution in [0.3, 0.4) is 0 Å². The number of fused-ring (bicyclic) bond motifs is 1. The van der Waals surface area contributed by atoms with Crippen molar-refractivity contribution in [3.63, 3.8) is 0 Å². The van der Waals surface area contributed by atoms with Gasteiger partial charge in [0, 0.05) is 37.7 Å². The van der Waals surface area contributed by atoms with Gasteiger partial charge in [-0.05, 0) is 39.7 Å². The number of guanidine groups is 1. The Balaban J connectivity index is 0.00000363. The van der Waals surface area contributed by atoms with E-state index in [-0.39, 0.29) is 41.6 Å². The van der Waals surface area contributed by atoms with Gasteiger partial charge in [0.2, 0.25) is 0 Å². The van der Waals surface area contributed by atoms with E-state index in [9.17, 15) is 0 Å². The summed E-state index contributed by atoms with van der Waals surface area (Å²) in [6.07, 6.45) is 1.90. The molecule has 8 nitrogen and oxygen atoms in total. The topological polar surface area (TPSA) is 88.4 Å². The van der Waals surface area contributed by atoms with Crippen molar-refractivity contribution < 1.29 is 4.74 Å². The van der Waals surface area contributed by atoms with Gasteiger partial charge in [-0.1, -0.05) is 30.3 Å². The Bertz CT molecular complexity index is 853. The summed E-state index contributed by atoms with van der Waals surface area (Å²) in [6.45, 7) is 11.4. The largest absolute Gasteiger partial charge is 0.377 e. The first kappa shape index (κ1) is 26.5. The number of nitrogens with one attached hydrogen (secondary N) is 3. The highest BCUT2D eigenvalue weighted by molar-refractivity contribution is 14.0. The molecule has 3 N–H and O–H groups in total. The van der Waals surface area contributed by atoms with Crippen LogP contribution in [0.4, 0.5) is 0 Å². The van der Waals surface area contributed by atoms with E-state index in [2.05, 4.69) is 78.0 Å². The summed E-state index contributed by atoms with van der Waals surface area (Å²) in [5.74, 6) is 2.63. The van der Waals surface area contributed by atoms with Crippen molar-refractivity contribution in [2.75, 3.05) is 20.2 Å². The molecule has 0 aliphatic carbocycles. The Kier molecular flexibility index (Phi) is 10.4. The zero-order valence-electron chi connectivity index (χ0n) is 19.9. The number of halogens is 1. The van der Waals surface area contributed by atoms with Crippen molar-refractivity contribution in [3.05, 3.63) is 47.5 Å². The van der Waals surface area contributed by atoms with Crippen LogP contribution in [0.15, 0.2) is 35.3 Å². The van der Waals surface area contributed by atoms with Crippen LogP contribution >= 0.6 is 24.0 Å². The highest BCUT2D eigenvalue weighted by atomic mass is 127. The van der Waals surface area contributed by atoms with Gasteiger partial charge >= 0.3 is 0 Å². The first-order chi connectivity index (χ1) is 14.9. The maximum atomic E-state index is 5.16. The number of ether oxygens (including phenoxy) is 1. The fourth-order valence-corrected chi connectivity index (χ4v) is 3.92. The van der Waals surface area contributed by atoms with Gasteiger partial charge < -0.3 is 20.7 Å². The highest BCUT2D eigenvalue weighted by Gasteiger charge is 2.24. The van der Waals surface area contributed by atoms with E-state index in [1.165, 1.54) is 5.56 Å². The number of benzene rings is 1. The Labute approximate surface area is 209 Å². The molecule has 0 fully saturated rings. The third kappa shape index (κ3) is 7.70. The third-order valence-electron chi connectivity index (χ3n) is 5.40. The SMILES string of the molecule is CCNC(=NCC(C)(C)NC(C)c1ccccc1)NC1CCc2nc(COC)nn2C1.I. The van der Waals surface area contributed by atoms with Gasteiger partial charge in [-0.15, -0.1) is 24.0 Å². The number of rotatable bonds is 9. The molecule has 1 aliphatic rings. The summed E-state index contributed by atoms with van der Waals surface area (Å²) in [4.78, 5) is 9.44. The minimum atomic E-state index is -0.141. The summed E-state index contributed by atoms with van der Waals surface area (Å²) in [6, 6.07) is 11.0. The Morgan fingerprint density at radius 3 is 2.75 bits per heavy atom. The maximum Gasteiger partial charge on any atom is 0.191 e. The average molecular weight is 556 g/mol. The first-order valence-electron chi connectivity index (χ1n) is 11.2. The Morgan fingerprint density at radius 2 is 2.06 bits per heavy atom. The molecule has 0 radical (unpaired) electrons. The molecule has 2 atom stereocenters. The number of hydrogen-bond donors (Lipinski definition) is 3. The third-order valence-corrected chi connectivity index (χ3v) is 5.40. The van der Waals surface area contributed by atoms with Crippen molar-refractivity contribution in [1.82, 2.24) is 30.7 Å². The molecule has 1 aromatic heterocycles. The van der Waals surface area contributed by atoms with E-state index in [0.29, 0.717) is 13.2 Å². The number of aromatic nitrogens is 3. The van der Waals surface area contributed by atoms with Crippen LogP contribution in [-0.4, -0.2) is 52.5 Å². The Hall–Kier alpha value is -1.72. The fourth-order valence-electron chi connectivity index (χ4n) is 3.92. The van der Waals surface area contributed by atoms with Gasteiger partial charge in [0.1, 0.15) is 12.4 Å². The van der Waals surface area contributed by atoms with Crippen LogP contribution in [-0.2, 0) is 24.3 Å². The second kappa shape index (κ2) is 12.5. The van der Waals surface area contributed by atoms with Gasteiger partial charge in [0.25, 0.3) is 0 Å². The zero-order valence-corrected chi connectivity index (χ0v) is 22.2. The molecule has 2 aromatic rings. The Morgan fingerprint density at radius 1 is 1.31 bits per heavy atom. The molecule has 2 unspecified atom stereocenters. The molecule has 0 spiro atoms. The molecule has 9 heteroatoms. The normalized spacial score (nSPS) is 17.3. The van der Waals surface area contributed by atoms with Crippen LogP contribution in [0.1, 0.15) is 57.4 Å². The fraction of sp³-hybridized carbons (Fsp3) is 0.609. The number of aliphatic imine (C=N–C) groups is 1. The van der Waals surface area contributed by atoms with Crippen LogP contribution in [0.25, 0.3) is 0 Å². The lowest BCUT2D eigenvalue weighted by atomic mass is 10.0. The molecular formula is C23H38IN7O. The predicted octanol–water partition coefficient (Wildman–Crippen LogP) is 3.04. The summed E-state index contributed by atoms with van der Waals surface area (Å²) in [5.41, 5.74) is 1.14. The van der Waals surface area contributed by atoms with E-state index in [4.69, 9.17) is 9.73 Å². The van der Waals surface area contributed by atoms with Gasteiger partial charge in [-0.2, -0.15) is 5.10 Å². The summed E-state index contributed by atoms with van der Waals surface area (Å²) in [5, 5.41) is 15.2. The number of methoxy groups -OCH3 is 1. The standard InChI is InChI=1S/C23H37N7O.HI/c1-6-24-22(25-16-23(3,4)28-17(2)18-10-8-7-9-11-18)26-19-12-13-21-27-20(15-31-5)29-30(21)14-19;/h7-11,17,19,28H,6,12-16H2,1-5H3,(H2,24,25,26);1H. The smallest absolute Gasteiger partial charge is 0.191 e. The second-order valence-corrected chi connectivity index (χ2v) is 8.80. The van der Waals surface area contributed by atoms with Crippen LogP contribution < -0.4 is 16.0 Å². The van der Waals surface area contributed by atoms with Gasteiger partial charge in [0.05, 0.1) is 13.1 Å². The van der Waals surface area contributed by atoms with Crippen molar-refractivity contribution in [2.45, 2.75) is 71.3 Å². The summed E-state index contributed by atoms with van der Waals surface area (Å²) >= 11 is 0. The van der Waals surface area contributed by atoms with E-state index in [1.807, 2.05) is 10.7 Å². The molecule has 3 rings (SSSR count). The van der Waals surface area contributed by atoms with E-state index in [0.717, 1.165) is 43.5 Å². The number of nitrogens with zero attached hydrogens (tertiary/aromatic N) is 4. The quantitative estimate of drug-likeness (QED) is 0.251. The number of aryl methyl sites for hydroxylation is 1. The summed E-state index contributed by atoms with van der Waals surface area (Å²) in [7, 11) is 1.67. The van der Waals surface area contributed by atoms with Crippen molar-refractivity contribution in [1.29, 1.82) is 0 Å². The van der Waals surface area contributed by atoms with E-state index >= 15 is 0 Å². The molecule has 0 amide bonds. The zero-order chi connectivity index (χ0) is 22.3. The van der Waals surface area contributed by atoms with Crippen molar-refractivity contribution in [2.24, 2.45) is 4.99 Å². The van der Waals surface area contributed by atoms with Gasteiger partial charge in [-0.25, -0.2) is 9.67 Å². The molecule has 178 valence electrons. The minimum absolute atomic E-state index is 0. The van der Waals surface area contributed by atoms with Crippen LogP contribution in [0, 0.1) is 0 Å². The molecule has 2 heterocycles. The lowest BCUT2D eigenvalue weighted by molar-refractivity contribution is 0.177. The lowest BCUT2D eigenvalue weighted by Crippen LogP contribution is -2.49. The maximum absolute atomic E-state index is 5.16. The number of hydrogen-bond acceptors (Lipinski definition) is 5. The predicted molar refractivity (Wildman–Crippen MR) is 139 cm³/mol. The van der Waals surface area contributed by atoms with Gasteiger partial charge in [0.15, 0.2) is 11.8 Å². The molecule has 0 bridgehead atoms. The molecule has 1 aliphatic heterocycles. The van der Waals surface area contributed by atoms with Crippen molar-refractivity contribution in [3.8, 4) is 0 Å². The molecule has 1 aromatic carbocycles. The first-order valence-corrected chi connectivity index (χ1v) is 11.2. The molecule has 0 saturated heterocycles. The van der Waals surface area contributed by atoms with Gasteiger partial charge in [-0.3, -0.25) is 4.99 Å². The average Bonchev–Trinajstić information content (AvgIpc) is 3.14. The minimum Gasteiger partial charge on any atom is -0.377 e. The lowest BCUT2D eigenvalue weighted by Gasteiger charge is -2.30. The molecule has 32 heavy (non-hydrogen) atoms. The summed E-state index contributed by atoms with van der Waals surface area (Å²) < 4.78 is 7.15. The van der Waals surface area contributed by atoms with E-state index < -0.39 is 0 Å². The van der Waals surface area contributed by atoms with Crippen molar-refractivity contribution >= 4 is 29.9 Å². The van der Waals surface area contributed by atoms with Crippen LogP contribution in [0.5, 0.6) is 0 Å². The monoisotopic (exact) mass is 555 g/mol. The van der Waals surface area contributed by atoms with E-state index in [1.54, 1.807) is 7.11 Å². The van der Waals surface area contributed by atoms with Crippen LogP contribution in [0.2, 0.25) is 0 Å².